The lowest BCUT2D eigenvalue weighted by Crippen LogP contribution is -2.46. The smallest absolute Gasteiger partial charge is 0.417 e. The second-order valence-electron chi connectivity index (χ2n) is 9.62. The molecule has 0 aliphatic carbocycles. The van der Waals surface area contributed by atoms with E-state index in [0.717, 1.165) is 12.1 Å². The molecule has 180 valence electrons. The number of alkyl halides is 3. The molecule has 0 unspecified atom stereocenters. The molecule has 34 heavy (non-hydrogen) atoms. The largest absolute Gasteiger partial charge is 0.432 e. The van der Waals surface area contributed by atoms with E-state index in [4.69, 9.17) is 5.26 Å². The maximum atomic E-state index is 13.8. The van der Waals surface area contributed by atoms with E-state index < -0.39 is 48.1 Å². The van der Waals surface area contributed by atoms with Crippen LogP contribution in [0.1, 0.15) is 43.4 Å². The van der Waals surface area contributed by atoms with Gasteiger partial charge < -0.3 is 10.1 Å². The maximum absolute atomic E-state index is 13.8. The fraction of sp³-hybridized carbons (Fsp3) is 0.375. The summed E-state index contributed by atoms with van der Waals surface area (Å²) in [6, 6.07) is 11.9. The molecule has 2 aromatic carbocycles. The number of nitrogens with one attached hydrogen (secondary N) is 1. The van der Waals surface area contributed by atoms with Crippen LogP contribution in [-0.4, -0.2) is 25.1 Å². The van der Waals surface area contributed by atoms with Crippen LogP contribution >= 0.6 is 0 Å². The summed E-state index contributed by atoms with van der Waals surface area (Å²) in [7, 11) is -2.64. The maximum Gasteiger partial charge on any atom is 0.417 e. The summed E-state index contributed by atoms with van der Waals surface area (Å²) in [5.41, 5.74) is -3.12. The van der Waals surface area contributed by atoms with E-state index in [1.807, 2.05) is 13.8 Å². The average Bonchev–Trinajstić information content (AvgIpc) is 3.01. The molecular formula is C24H26F3N3O3Si. The molecule has 6 nitrogen and oxygen atoms in total. The second-order valence-corrected chi connectivity index (χ2v) is 14.1. The van der Waals surface area contributed by atoms with Crippen molar-refractivity contribution in [1.82, 2.24) is 5.32 Å². The molecule has 0 saturated carbocycles. The lowest BCUT2D eigenvalue weighted by atomic mass is 9.83. The first-order valence-electron chi connectivity index (χ1n) is 10.7. The van der Waals surface area contributed by atoms with Gasteiger partial charge in [-0.2, -0.15) is 18.4 Å². The molecule has 3 rings (SSSR count). The summed E-state index contributed by atoms with van der Waals surface area (Å²) < 4.78 is 40.5. The first-order valence-corrected chi connectivity index (χ1v) is 13.6. The zero-order valence-corrected chi connectivity index (χ0v) is 20.3. The number of amides is 3. The monoisotopic (exact) mass is 489 g/mol. The highest BCUT2D eigenvalue weighted by molar-refractivity contribution is 6.72. The number of carbonyl (C=O) groups is 2. The third-order valence-corrected chi connectivity index (χ3v) is 10.4. The number of imide groups is 1. The van der Waals surface area contributed by atoms with Crippen molar-refractivity contribution in [2.24, 2.45) is 0 Å². The topological polar surface area (TPSA) is 93.4 Å². The number of anilines is 1. The van der Waals surface area contributed by atoms with Crippen LogP contribution in [0.15, 0.2) is 48.5 Å². The van der Waals surface area contributed by atoms with E-state index in [2.05, 4.69) is 5.32 Å². The molecule has 1 atom stereocenters. The second kappa shape index (κ2) is 8.56. The van der Waals surface area contributed by atoms with Gasteiger partial charge in [0.25, 0.3) is 5.91 Å². The summed E-state index contributed by atoms with van der Waals surface area (Å²) in [4.78, 5) is 38.2. The van der Waals surface area contributed by atoms with Crippen LogP contribution < -0.4 is 10.2 Å². The number of nitriles is 1. The van der Waals surface area contributed by atoms with Gasteiger partial charge in [0.1, 0.15) is 5.54 Å². The number of nitrogens with zero attached hydrogens (tertiary/aromatic N) is 2. The molecule has 1 saturated heterocycles. The van der Waals surface area contributed by atoms with Crippen LogP contribution in [0.5, 0.6) is 0 Å². The van der Waals surface area contributed by atoms with Crippen molar-refractivity contribution in [2.45, 2.75) is 56.5 Å². The zero-order valence-electron chi connectivity index (χ0n) is 19.3. The standard InChI is InChI=1S/C24H26F3N3O3Si/c1-22(2,34(3,4)33)12-13-23(17-8-6-5-7-9-17)20(31)30(21(32)29-23)18-11-10-16(15-28)19(14-18)24(25,26)27/h5-11,14,33H,12-13H2,1-4H3,(H,29,32)/t23-/m1/s1. The van der Waals surface area contributed by atoms with Crippen molar-refractivity contribution in [3.8, 4) is 6.07 Å². The highest BCUT2D eigenvalue weighted by Crippen LogP contribution is 2.45. The summed E-state index contributed by atoms with van der Waals surface area (Å²) >= 11 is 0. The van der Waals surface area contributed by atoms with Gasteiger partial charge in [-0.1, -0.05) is 44.2 Å². The van der Waals surface area contributed by atoms with E-state index in [0.29, 0.717) is 23.0 Å². The fourth-order valence-electron chi connectivity index (χ4n) is 3.85. The summed E-state index contributed by atoms with van der Waals surface area (Å²) in [6.07, 6.45) is -4.30. The molecule has 1 aliphatic rings. The third kappa shape index (κ3) is 4.45. The van der Waals surface area contributed by atoms with Gasteiger partial charge in [0.2, 0.25) is 0 Å². The Labute approximate surface area is 197 Å². The minimum Gasteiger partial charge on any atom is -0.432 e. The Hall–Kier alpha value is -3.16. The average molecular weight is 490 g/mol. The number of halogens is 3. The Balaban J connectivity index is 2.09. The predicted octanol–water partition coefficient (Wildman–Crippen LogP) is 5.29. The minimum atomic E-state index is -4.84. The Morgan fingerprint density at radius 1 is 1.12 bits per heavy atom. The normalized spacial score (nSPS) is 19.2. The van der Waals surface area contributed by atoms with E-state index in [1.165, 1.54) is 6.07 Å². The molecule has 0 bridgehead atoms. The molecule has 1 fully saturated rings. The van der Waals surface area contributed by atoms with Gasteiger partial charge >= 0.3 is 12.2 Å². The van der Waals surface area contributed by atoms with Gasteiger partial charge in [-0.15, -0.1) is 0 Å². The van der Waals surface area contributed by atoms with Crippen molar-refractivity contribution < 1.29 is 27.6 Å². The first kappa shape index (κ1) is 25.5. The third-order valence-electron chi connectivity index (χ3n) is 6.83. The Morgan fingerprint density at radius 2 is 1.74 bits per heavy atom. The van der Waals surface area contributed by atoms with Crippen LogP contribution in [-0.2, 0) is 16.5 Å². The van der Waals surface area contributed by atoms with Crippen molar-refractivity contribution >= 4 is 25.9 Å². The molecular weight excluding hydrogens is 463 g/mol. The van der Waals surface area contributed by atoms with Gasteiger partial charge in [-0.3, -0.25) is 4.79 Å². The van der Waals surface area contributed by atoms with Crippen molar-refractivity contribution in [1.29, 1.82) is 5.26 Å². The lowest BCUT2D eigenvalue weighted by Gasteiger charge is -2.38. The lowest BCUT2D eigenvalue weighted by molar-refractivity contribution is -0.137. The van der Waals surface area contributed by atoms with Gasteiger partial charge in [-0.05, 0) is 54.7 Å². The number of urea groups is 1. The van der Waals surface area contributed by atoms with Gasteiger partial charge in [-0.25, -0.2) is 9.69 Å². The highest BCUT2D eigenvalue weighted by atomic mass is 28.4. The number of benzene rings is 2. The Morgan fingerprint density at radius 3 is 2.26 bits per heavy atom. The predicted molar refractivity (Wildman–Crippen MR) is 123 cm³/mol. The minimum absolute atomic E-state index is 0.143. The zero-order chi connectivity index (χ0) is 25.5. The summed E-state index contributed by atoms with van der Waals surface area (Å²) in [5, 5.41) is 11.3. The molecule has 0 aromatic heterocycles. The van der Waals surface area contributed by atoms with E-state index in [9.17, 15) is 27.6 Å². The van der Waals surface area contributed by atoms with Crippen LogP contribution in [0.25, 0.3) is 0 Å². The van der Waals surface area contributed by atoms with Crippen molar-refractivity contribution in [3.05, 3.63) is 65.2 Å². The molecule has 2 aromatic rings. The van der Waals surface area contributed by atoms with E-state index in [1.54, 1.807) is 43.4 Å². The van der Waals surface area contributed by atoms with Gasteiger partial charge in [0.15, 0.2) is 8.32 Å². The molecule has 0 spiro atoms. The number of carbonyl (C=O) groups excluding carboxylic acids is 2. The molecule has 10 heteroatoms. The summed E-state index contributed by atoms with van der Waals surface area (Å²) in [5.74, 6) is -0.713. The first-order chi connectivity index (χ1) is 15.6. The fourth-order valence-corrected chi connectivity index (χ4v) is 4.59. The highest BCUT2D eigenvalue weighted by Gasteiger charge is 2.54. The number of hydrogen-bond acceptors (Lipinski definition) is 4. The Kier molecular flexibility index (Phi) is 6.41. The van der Waals surface area contributed by atoms with Crippen LogP contribution in [0.3, 0.4) is 0 Å². The molecule has 1 aliphatic heterocycles. The number of rotatable bonds is 6. The van der Waals surface area contributed by atoms with Crippen LogP contribution in [0.4, 0.5) is 23.7 Å². The SMILES string of the molecule is CC(C)(CC[C@]1(c2ccccc2)NC(=O)N(c2ccc(C#N)c(C(F)(F)F)c2)C1=O)[Si](C)(C)O. The Bertz CT molecular complexity index is 1150. The molecule has 0 radical (unpaired) electrons. The van der Waals surface area contributed by atoms with Crippen molar-refractivity contribution in [3.63, 3.8) is 0 Å². The van der Waals surface area contributed by atoms with Crippen LogP contribution in [0.2, 0.25) is 18.1 Å². The van der Waals surface area contributed by atoms with E-state index in [-0.39, 0.29) is 12.1 Å². The van der Waals surface area contributed by atoms with Gasteiger partial charge in [0, 0.05) is 0 Å². The van der Waals surface area contributed by atoms with Crippen molar-refractivity contribution in [2.75, 3.05) is 4.90 Å². The number of hydrogen-bond donors (Lipinski definition) is 2. The molecule has 2 N–H and O–H groups in total. The molecule has 1 heterocycles. The van der Waals surface area contributed by atoms with E-state index >= 15 is 0 Å². The quantitative estimate of drug-likeness (QED) is 0.426. The molecule has 3 amide bonds. The summed E-state index contributed by atoms with van der Waals surface area (Å²) in [6.45, 7) is 7.37. The van der Waals surface area contributed by atoms with Crippen LogP contribution in [0, 0.1) is 11.3 Å². The van der Waals surface area contributed by atoms with Gasteiger partial charge in [0.05, 0.1) is 22.9 Å².